The Hall–Kier alpha value is -1.55. The van der Waals surface area contributed by atoms with E-state index in [1.807, 2.05) is 6.07 Å². The third kappa shape index (κ3) is 2.08. The van der Waals surface area contributed by atoms with Crippen LogP contribution in [0.3, 0.4) is 0 Å². The van der Waals surface area contributed by atoms with Gasteiger partial charge in [-0.1, -0.05) is 24.3 Å². The fourth-order valence-electron chi connectivity index (χ4n) is 2.35. The van der Waals surface area contributed by atoms with Gasteiger partial charge in [-0.15, -0.1) is 0 Å². The predicted octanol–water partition coefficient (Wildman–Crippen LogP) is 2.99. The van der Waals surface area contributed by atoms with Gasteiger partial charge in [-0.3, -0.25) is 0 Å². The Kier molecular flexibility index (Phi) is 2.96. The van der Waals surface area contributed by atoms with Crippen LogP contribution in [0, 0.1) is 0 Å². The van der Waals surface area contributed by atoms with Gasteiger partial charge in [0.2, 0.25) is 0 Å². The number of pyridine rings is 1. The van der Waals surface area contributed by atoms with Crippen molar-refractivity contribution < 1.29 is 0 Å². The highest BCUT2D eigenvalue weighted by Gasteiger charge is 2.18. The number of fused-ring (bicyclic) bond motifs is 1. The number of halogens is 1. The van der Waals surface area contributed by atoms with Gasteiger partial charge >= 0.3 is 0 Å². The molecule has 1 aliphatic heterocycles. The molecule has 3 rings (SSSR count). The number of anilines is 2. The molecule has 0 fully saturated rings. The van der Waals surface area contributed by atoms with E-state index in [9.17, 15) is 0 Å². The van der Waals surface area contributed by atoms with Gasteiger partial charge in [0.05, 0.1) is 16.4 Å². The summed E-state index contributed by atoms with van der Waals surface area (Å²) in [4.78, 5) is 6.71. The van der Waals surface area contributed by atoms with Crippen molar-refractivity contribution in [2.45, 2.75) is 13.0 Å². The lowest BCUT2D eigenvalue weighted by molar-refractivity contribution is 0.719. The number of benzene rings is 1. The molecule has 0 unspecified atom stereocenters. The standard InChI is InChI=1S/C14H14BrN3/c15-13-7-12(16)8-17-14(13)18-6-5-10-3-1-2-4-11(10)9-18/h1-4,7-8H,5-6,9,16H2. The molecule has 1 aliphatic rings. The molecule has 0 saturated heterocycles. The van der Waals surface area contributed by atoms with Gasteiger partial charge in [0.25, 0.3) is 0 Å². The lowest BCUT2D eigenvalue weighted by Crippen LogP contribution is -2.31. The van der Waals surface area contributed by atoms with Crippen molar-refractivity contribution in [3.05, 3.63) is 52.1 Å². The Balaban J connectivity index is 1.92. The molecule has 2 heterocycles. The summed E-state index contributed by atoms with van der Waals surface area (Å²) in [6.07, 6.45) is 2.77. The topological polar surface area (TPSA) is 42.1 Å². The molecular weight excluding hydrogens is 290 g/mol. The summed E-state index contributed by atoms with van der Waals surface area (Å²) in [5, 5.41) is 0. The quantitative estimate of drug-likeness (QED) is 0.880. The summed E-state index contributed by atoms with van der Waals surface area (Å²) in [6, 6.07) is 10.5. The van der Waals surface area contributed by atoms with Crippen LogP contribution in [-0.2, 0) is 13.0 Å². The van der Waals surface area contributed by atoms with E-state index in [2.05, 4.69) is 50.1 Å². The van der Waals surface area contributed by atoms with Crippen molar-refractivity contribution in [2.75, 3.05) is 17.2 Å². The van der Waals surface area contributed by atoms with E-state index in [-0.39, 0.29) is 0 Å². The summed E-state index contributed by atoms with van der Waals surface area (Å²) in [6.45, 7) is 1.90. The molecule has 92 valence electrons. The van der Waals surface area contributed by atoms with Gasteiger partial charge in [-0.25, -0.2) is 4.98 Å². The zero-order valence-electron chi connectivity index (χ0n) is 9.94. The third-order valence-corrected chi connectivity index (χ3v) is 3.86. The van der Waals surface area contributed by atoms with Crippen molar-refractivity contribution in [3.63, 3.8) is 0 Å². The van der Waals surface area contributed by atoms with Crippen molar-refractivity contribution in [2.24, 2.45) is 0 Å². The first-order valence-corrected chi connectivity index (χ1v) is 6.76. The van der Waals surface area contributed by atoms with Gasteiger partial charge in [0, 0.05) is 13.1 Å². The number of rotatable bonds is 1. The second-order valence-corrected chi connectivity index (χ2v) is 5.37. The highest BCUT2D eigenvalue weighted by molar-refractivity contribution is 9.10. The summed E-state index contributed by atoms with van der Waals surface area (Å²) >= 11 is 3.54. The van der Waals surface area contributed by atoms with Gasteiger partial charge in [-0.2, -0.15) is 0 Å². The number of nitrogens with zero attached hydrogens (tertiary/aromatic N) is 2. The Labute approximate surface area is 115 Å². The van der Waals surface area contributed by atoms with E-state index >= 15 is 0 Å². The van der Waals surface area contributed by atoms with E-state index < -0.39 is 0 Å². The number of nitrogens with two attached hydrogens (primary N) is 1. The molecule has 0 amide bonds. The van der Waals surface area contributed by atoms with Crippen LogP contribution in [0.5, 0.6) is 0 Å². The lowest BCUT2D eigenvalue weighted by Gasteiger charge is -2.30. The predicted molar refractivity (Wildman–Crippen MR) is 77.5 cm³/mol. The first kappa shape index (κ1) is 11.5. The van der Waals surface area contributed by atoms with Crippen molar-refractivity contribution >= 4 is 27.4 Å². The monoisotopic (exact) mass is 303 g/mol. The van der Waals surface area contributed by atoms with Crippen LogP contribution in [0.1, 0.15) is 11.1 Å². The normalized spacial score (nSPS) is 14.4. The van der Waals surface area contributed by atoms with Crippen LogP contribution in [-0.4, -0.2) is 11.5 Å². The average Bonchev–Trinajstić information content (AvgIpc) is 2.38. The van der Waals surface area contributed by atoms with Crippen LogP contribution < -0.4 is 10.6 Å². The second kappa shape index (κ2) is 4.61. The third-order valence-electron chi connectivity index (χ3n) is 3.27. The fraction of sp³-hybridized carbons (Fsp3) is 0.214. The van der Waals surface area contributed by atoms with Gasteiger partial charge in [0.15, 0.2) is 0 Å². The zero-order chi connectivity index (χ0) is 12.5. The SMILES string of the molecule is Nc1cnc(N2CCc3ccccc3C2)c(Br)c1. The Bertz CT molecular complexity index is 583. The number of aromatic nitrogens is 1. The summed E-state index contributed by atoms with van der Waals surface area (Å²) < 4.78 is 0.960. The minimum absolute atomic E-state index is 0.683. The molecule has 0 bridgehead atoms. The minimum Gasteiger partial charge on any atom is -0.397 e. The highest BCUT2D eigenvalue weighted by atomic mass is 79.9. The zero-order valence-corrected chi connectivity index (χ0v) is 11.5. The lowest BCUT2D eigenvalue weighted by atomic mass is 10.00. The maximum atomic E-state index is 5.72. The highest BCUT2D eigenvalue weighted by Crippen LogP contribution is 2.29. The molecule has 0 radical (unpaired) electrons. The molecule has 2 aromatic rings. The van der Waals surface area contributed by atoms with Gasteiger partial charge < -0.3 is 10.6 Å². The molecule has 18 heavy (non-hydrogen) atoms. The Morgan fingerprint density at radius 3 is 2.78 bits per heavy atom. The molecule has 0 spiro atoms. The molecule has 1 aromatic heterocycles. The second-order valence-electron chi connectivity index (χ2n) is 4.51. The van der Waals surface area contributed by atoms with E-state index in [1.165, 1.54) is 11.1 Å². The molecule has 4 heteroatoms. The molecule has 0 aliphatic carbocycles. The molecule has 2 N–H and O–H groups in total. The minimum atomic E-state index is 0.683. The molecule has 0 saturated carbocycles. The van der Waals surface area contributed by atoms with Gasteiger partial charge in [0.1, 0.15) is 5.82 Å². The summed E-state index contributed by atoms with van der Waals surface area (Å²) in [5.41, 5.74) is 9.23. The van der Waals surface area contributed by atoms with Crippen molar-refractivity contribution in [3.8, 4) is 0 Å². The molecule has 0 atom stereocenters. The van der Waals surface area contributed by atoms with Crippen LogP contribution >= 0.6 is 15.9 Å². The number of nitrogen functional groups attached to an aromatic ring is 1. The summed E-state index contributed by atoms with van der Waals surface area (Å²) in [7, 11) is 0. The molecule has 3 nitrogen and oxygen atoms in total. The molecule has 1 aromatic carbocycles. The van der Waals surface area contributed by atoms with Crippen molar-refractivity contribution in [1.29, 1.82) is 0 Å². The van der Waals surface area contributed by atoms with E-state index in [0.717, 1.165) is 29.8 Å². The van der Waals surface area contributed by atoms with E-state index in [0.29, 0.717) is 5.69 Å². The first-order valence-electron chi connectivity index (χ1n) is 5.97. The largest absolute Gasteiger partial charge is 0.397 e. The maximum absolute atomic E-state index is 5.72. The Morgan fingerprint density at radius 1 is 1.22 bits per heavy atom. The maximum Gasteiger partial charge on any atom is 0.143 e. The fourth-order valence-corrected chi connectivity index (χ4v) is 2.97. The smallest absolute Gasteiger partial charge is 0.143 e. The van der Waals surface area contributed by atoms with Crippen LogP contribution in [0.2, 0.25) is 0 Å². The van der Waals surface area contributed by atoms with E-state index in [1.54, 1.807) is 6.20 Å². The van der Waals surface area contributed by atoms with Crippen LogP contribution in [0.15, 0.2) is 41.0 Å². The van der Waals surface area contributed by atoms with Crippen molar-refractivity contribution in [1.82, 2.24) is 4.98 Å². The van der Waals surface area contributed by atoms with Gasteiger partial charge in [-0.05, 0) is 39.5 Å². The number of hydrogen-bond donors (Lipinski definition) is 1. The number of hydrogen-bond acceptors (Lipinski definition) is 3. The Morgan fingerprint density at radius 2 is 2.00 bits per heavy atom. The average molecular weight is 304 g/mol. The summed E-state index contributed by atoms with van der Waals surface area (Å²) in [5.74, 6) is 0.971. The van der Waals surface area contributed by atoms with Crippen LogP contribution in [0.25, 0.3) is 0 Å². The first-order chi connectivity index (χ1) is 8.74. The van der Waals surface area contributed by atoms with E-state index in [4.69, 9.17) is 5.73 Å². The van der Waals surface area contributed by atoms with Crippen LogP contribution in [0.4, 0.5) is 11.5 Å². The molecular formula is C14H14BrN3.